The Bertz CT molecular complexity index is 131. The fourth-order valence-electron chi connectivity index (χ4n) is 2.23. The van der Waals surface area contributed by atoms with Gasteiger partial charge in [-0.15, -0.1) is 0 Å². The molecular formula is C15H33N. The van der Waals surface area contributed by atoms with E-state index in [1.54, 1.807) is 0 Å². The molecule has 0 spiro atoms. The Hall–Kier alpha value is -0.0400. The molecule has 1 atom stereocenters. The highest BCUT2D eigenvalue weighted by molar-refractivity contribution is 4.66. The predicted octanol–water partition coefficient (Wildman–Crippen LogP) is 4.76. The van der Waals surface area contributed by atoms with Gasteiger partial charge < -0.3 is 5.32 Å². The Kier molecular flexibility index (Phi) is 11.4. The molecule has 0 aliphatic carbocycles. The van der Waals surface area contributed by atoms with Gasteiger partial charge in [-0.3, -0.25) is 0 Å². The third-order valence-corrected chi connectivity index (χ3v) is 3.23. The van der Waals surface area contributed by atoms with E-state index in [0.717, 1.165) is 18.5 Å². The van der Waals surface area contributed by atoms with E-state index in [4.69, 9.17) is 0 Å². The van der Waals surface area contributed by atoms with Gasteiger partial charge in [-0.2, -0.15) is 0 Å². The molecule has 1 N–H and O–H groups in total. The molecule has 1 heteroatoms. The minimum Gasteiger partial charge on any atom is -0.314 e. The number of hydrogen-bond donors (Lipinski definition) is 1. The number of rotatable bonds is 11. The molecule has 0 aliphatic rings. The second-order valence-electron chi connectivity index (χ2n) is 5.43. The predicted molar refractivity (Wildman–Crippen MR) is 74.9 cm³/mol. The van der Waals surface area contributed by atoms with Crippen LogP contribution in [-0.4, -0.2) is 12.6 Å². The summed E-state index contributed by atoms with van der Waals surface area (Å²) >= 11 is 0. The lowest BCUT2D eigenvalue weighted by atomic mass is 9.99. The summed E-state index contributed by atoms with van der Waals surface area (Å²) < 4.78 is 0. The normalized spacial score (nSPS) is 13.3. The average Bonchev–Trinajstić information content (AvgIpc) is 2.23. The van der Waals surface area contributed by atoms with Gasteiger partial charge >= 0.3 is 0 Å². The molecule has 0 aromatic heterocycles. The smallest absolute Gasteiger partial charge is 0.00669 e. The van der Waals surface area contributed by atoms with Crippen molar-refractivity contribution in [2.75, 3.05) is 6.54 Å². The minimum absolute atomic E-state index is 0.778. The first-order valence-electron chi connectivity index (χ1n) is 7.44. The zero-order valence-corrected chi connectivity index (χ0v) is 12.0. The molecule has 0 heterocycles. The molecule has 1 unspecified atom stereocenters. The van der Waals surface area contributed by atoms with Crippen LogP contribution in [0.3, 0.4) is 0 Å². The zero-order chi connectivity index (χ0) is 12.2. The fraction of sp³-hybridized carbons (Fsp3) is 1.00. The summed E-state index contributed by atoms with van der Waals surface area (Å²) in [6, 6.07) is 0.778. The molecule has 0 aliphatic heterocycles. The summed E-state index contributed by atoms with van der Waals surface area (Å²) in [6.07, 6.45) is 11.1. The number of hydrogen-bond acceptors (Lipinski definition) is 1. The van der Waals surface area contributed by atoms with Crippen molar-refractivity contribution in [3.63, 3.8) is 0 Å². The second-order valence-corrected chi connectivity index (χ2v) is 5.43. The van der Waals surface area contributed by atoms with Gasteiger partial charge in [0.2, 0.25) is 0 Å². The van der Waals surface area contributed by atoms with Crippen molar-refractivity contribution in [3.05, 3.63) is 0 Å². The van der Waals surface area contributed by atoms with Crippen LogP contribution in [0.4, 0.5) is 0 Å². The first kappa shape index (κ1) is 16.0. The fourth-order valence-corrected chi connectivity index (χ4v) is 2.23. The third kappa shape index (κ3) is 10.5. The van der Waals surface area contributed by atoms with Gasteiger partial charge in [0, 0.05) is 6.04 Å². The van der Waals surface area contributed by atoms with Gasteiger partial charge in [0.25, 0.3) is 0 Å². The summed E-state index contributed by atoms with van der Waals surface area (Å²) in [5, 5.41) is 3.63. The van der Waals surface area contributed by atoms with Crippen molar-refractivity contribution in [3.8, 4) is 0 Å². The Morgan fingerprint density at radius 1 is 0.812 bits per heavy atom. The monoisotopic (exact) mass is 227 g/mol. The molecular weight excluding hydrogens is 194 g/mol. The maximum atomic E-state index is 3.63. The van der Waals surface area contributed by atoms with E-state index < -0.39 is 0 Å². The lowest BCUT2D eigenvalue weighted by molar-refractivity contribution is 0.410. The van der Waals surface area contributed by atoms with Gasteiger partial charge in [-0.05, 0) is 25.3 Å². The maximum absolute atomic E-state index is 3.63. The van der Waals surface area contributed by atoms with Crippen molar-refractivity contribution in [2.45, 2.75) is 85.1 Å². The largest absolute Gasteiger partial charge is 0.314 e. The Morgan fingerprint density at radius 2 is 1.50 bits per heavy atom. The van der Waals surface area contributed by atoms with Crippen LogP contribution in [0.25, 0.3) is 0 Å². The molecule has 0 fully saturated rings. The molecule has 0 amide bonds. The van der Waals surface area contributed by atoms with Crippen LogP contribution >= 0.6 is 0 Å². The molecule has 0 rings (SSSR count). The number of nitrogens with one attached hydrogen (secondary N) is 1. The third-order valence-electron chi connectivity index (χ3n) is 3.23. The molecule has 0 saturated heterocycles. The Morgan fingerprint density at radius 3 is 2.06 bits per heavy atom. The van der Waals surface area contributed by atoms with Gasteiger partial charge in [-0.25, -0.2) is 0 Å². The molecule has 1 nitrogen and oxygen atoms in total. The van der Waals surface area contributed by atoms with Crippen LogP contribution in [0, 0.1) is 5.92 Å². The molecule has 0 aromatic carbocycles. The highest BCUT2D eigenvalue weighted by Gasteiger charge is 2.06. The molecule has 0 saturated carbocycles. The van der Waals surface area contributed by atoms with Crippen LogP contribution in [0.1, 0.15) is 79.1 Å². The summed E-state index contributed by atoms with van der Waals surface area (Å²) in [7, 11) is 0. The summed E-state index contributed by atoms with van der Waals surface area (Å²) in [5.74, 6) is 0.863. The van der Waals surface area contributed by atoms with Crippen LogP contribution in [-0.2, 0) is 0 Å². The van der Waals surface area contributed by atoms with E-state index >= 15 is 0 Å². The lowest BCUT2D eigenvalue weighted by Gasteiger charge is -2.18. The molecule has 0 aromatic rings. The van der Waals surface area contributed by atoms with Gasteiger partial charge in [0.05, 0.1) is 0 Å². The molecule has 16 heavy (non-hydrogen) atoms. The zero-order valence-electron chi connectivity index (χ0n) is 12.0. The number of unbranched alkanes of at least 4 members (excludes halogenated alkanes) is 3. The quantitative estimate of drug-likeness (QED) is 0.502. The summed E-state index contributed by atoms with van der Waals surface area (Å²) in [6.45, 7) is 10.3. The van der Waals surface area contributed by atoms with Crippen molar-refractivity contribution in [2.24, 2.45) is 5.92 Å². The van der Waals surface area contributed by atoms with E-state index in [1.807, 2.05) is 0 Å². The topological polar surface area (TPSA) is 12.0 Å². The second kappa shape index (κ2) is 11.4. The average molecular weight is 227 g/mol. The summed E-state index contributed by atoms with van der Waals surface area (Å²) in [4.78, 5) is 0. The van der Waals surface area contributed by atoms with Crippen molar-refractivity contribution in [1.82, 2.24) is 5.32 Å². The SMILES string of the molecule is CCCCCCC(CCCC(C)C)NCC. The first-order valence-corrected chi connectivity index (χ1v) is 7.44. The maximum Gasteiger partial charge on any atom is 0.00669 e. The molecule has 0 bridgehead atoms. The van der Waals surface area contributed by atoms with Gasteiger partial charge in [-0.1, -0.05) is 66.2 Å². The van der Waals surface area contributed by atoms with E-state index in [2.05, 4.69) is 33.0 Å². The van der Waals surface area contributed by atoms with Crippen LogP contribution < -0.4 is 5.32 Å². The van der Waals surface area contributed by atoms with Crippen molar-refractivity contribution >= 4 is 0 Å². The molecule has 98 valence electrons. The minimum atomic E-state index is 0.778. The Balaban J connectivity index is 3.53. The highest BCUT2D eigenvalue weighted by atomic mass is 14.9. The van der Waals surface area contributed by atoms with Crippen LogP contribution in [0.2, 0.25) is 0 Å². The van der Waals surface area contributed by atoms with Crippen molar-refractivity contribution in [1.29, 1.82) is 0 Å². The van der Waals surface area contributed by atoms with Crippen LogP contribution in [0.15, 0.2) is 0 Å². The van der Waals surface area contributed by atoms with Crippen molar-refractivity contribution < 1.29 is 0 Å². The van der Waals surface area contributed by atoms with Gasteiger partial charge in [0.15, 0.2) is 0 Å². The Labute approximate surface area is 103 Å². The summed E-state index contributed by atoms with van der Waals surface area (Å²) in [5.41, 5.74) is 0. The van der Waals surface area contributed by atoms with E-state index in [-0.39, 0.29) is 0 Å². The highest BCUT2D eigenvalue weighted by Crippen LogP contribution is 2.13. The van der Waals surface area contributed by atoms with E-state index in [9.17, 15) is 0 Å². The standard InChI is InChI=1S/C15H33N/c1-5-7-8-9-12-15(16-6-2)13-10-11-14(3)4/h14-16H,5-13H2,1-4H3. The molecule has 0 radical (unpaired) electrons. The van der Waals surface area contributed by atoms with E-state index in [0.29, 0.717) is 0 Å². The first-order chi connectivity index (χ1) is 7.70. The van der Waals surface area contributed by atoms with Gasteiger partial charge in [0.1, 0.15) is 0 Å². The lowest BCUT2D eigenvalue weighted by Crippen LogP contribution is -2.28. The van der Waals surface area contributed by atoms with E-state index in [1.165, 1.54) is 51.4 Å². The van der Waals surface area contributed by atoms with Crippen LogP contribution in [0.5, 0.6) is 0 Å².